The predicted octanol–water partition coefficient (Wildman–Crippen LogP) is 3.77. The number of primary amides is 1. The molecule has 1 fully saturated rings. The summed E-state index contributed by atoms with van der Waals surface area (Å²) in [5.41, 5.74) is 5.08. The van der Waals surface area contributed by atoms with Crippen LogP contribution in [0.2, 0.25) is 0 Å². The highest BCUT2D eigenvalue weighted by molar-refractivity contribution is 6.14. The van der Waals surface area contributed by atoms with E-state index in [2.05, 4.69) is 9.89 Å². The van der Waals surface area contributed by atoms with Crippen molar-refractivity contribution in [3.63, 3.8) is 0 Å². The lowest BCUT2D eigenvalue weighted by Crippen LogP contribution is -2.16. The van der Waals surface area contributed by atoms with Crippen molar-refractivity contribution in [1.29, 1.82) is 0 Å². The van der Waals surface area contributed by atoms with Gasteiger partial charge in [0.25, 0.3) is 0 Å². The molecule has 154 valence electrons. The van der Waals surface area contributed by atoms with Gasteiger partial charge in [0.15, 0.2) is 11.6 Å². The second-order valence-electron chi connectivity index (χ2n) is 6.64. The van der Waals surface area contributed by atoms with Gasteiger partial charge >= 0.3 is 6.61 Å². The minimum Gasteiger partial charge on any atom is -0.434 e. The number of benzene rings is 2. The Kier molecular flexibility index (Phi) is 6.36. The Bertz CT molecular complexity index is 930. The Balaban J connectivity index is 2.09. The van der Waals surface area contributed by atoms with Crippen molar-refractivity contribution in [2.24, 2.45) is 16.8 Å². The van der Waals surface area contributed by atoms with Crippen LogP contribution in [0.5, 0.6) is 5.75 Å². The fraction of sp³-hybridized carbons (Fsp3) is 0.300. The maximum absolute atomic E-state index is 14.6. The Morgan fingerprint density at radius 1 is 1.21 bits per heavy atom. The van der Waals surface area contributed by atoms with E-state index in [4.69, 9.17) is 10.6 Å². The molecule has 0 atom stereocenters. The van der Waals surface area contributed by atoms with E-state index < -0.39 is 35.5 Å². The van der Waals surface area contributed by atoms with Crippen molar-refractivity contribution in [3.05, 3.63) is 64.7 Å². The van der Waals surface area contributed by atoms with Crippen molar-refractivity contribution < 1.29 is 31.9 Å². The van der Waals surface area contributed by atoms with Crippen LogP contribution >= 0.6 is 0 Å². The van der Waals surface area contributed by atoms with Crippen LogP contribution in [0.3, 0.4) is 0 Å². The first-order valence-corrected chi connectivity index (χ1v) is 8.86. The maximum atomic E-state index is 14.6. The molecule has 1 aliphatic carbocycles. The number of carbonyl (C=O) groups excluding carboxylic acids is 1. The number of hydrogen-bond donors (Lipinski definition) is 1. The van der Waals surface area contributed by atoms with Gasteiger partial charge in [-0.1, -0.05) is 23.4 Å². The summed E-state index contributed by atoms with van der Waals surface area (Å²) >= 11 is 0. The van der Waals surface area contributed by atoms with Crippen molar-refractivity contribution in [2.75, 3.05) is 6.61 Å². The fourth-order valence-electron chi connectivity index (χ4n) is 2.71. The highest BCUT2D eigenvalue weighted by atomic mass is 19.3. The number of rotatable bonds is 9. The fourth-order valence-corrected chi connectivity index (χ4v) is 2.71. The third-order valence-electron chi connectivity index (χ3n) is 4.25. The zero-order valence-electron chi connectivity index (χ0n) is 15.2. The molecule has 5 nitrogen and oxygen atoms in total. The molecule has 0 aliphatic heterocycles. The number of carbonyl (C=O) groups is 1. The predicted molar refractivity (Wildman–Crippen MR) is 96.6 cm³/mol. The summed E-state index contributed by atoms with van der Waals surface area (Å²) < 4.78 is 58.5. The highest BCUT2D eigenvalue weighted by Gasteiger charge is 2.26. The van der Waals surface area contributed by atoms with Gasteiger partial charge in [-0.3, -0.25) is 4.79 Å². The first-order valence-electron chi connectivity index (χ1n) is 8.86. The van der Waals surface area contributed by atoms with Gasteiger partial charge in [0.2, 0.25) is 5.91 Å². The lowest BCUT2D eigenvalue weighted by Gasteiger charge is -2.15. The molecule has 3 rings (SSSR count). The van der Waals surface area contributed by atoms with Crippen LogP contribution in [0.15, 0.2) is 41.6 Å². The molecule has 0 aromatic heterocycles. The van der Waals surface area contributed by atoms with E-state index in [1.807, 2.05) is 0 Å². The third kappa shape index (κ3) is 5.46. The molecule has 0 bridgehead atoms. The van der Waals surface area contributed by atoms with Crippen molar-refractivity contribution in [3.8, 4) is 5.75 Å². The summed E-state index contributed by atoms with van der Waals surface area (Å²) in [6.45, 7) is -3.00. The first kappa shape index (κ1) is 20.6. The summed E-state index contributed by atoms with van der Waals surface area (Å²) in [6, 6.07) is 7.71. The van der Waals surface area contributed by atoms with E-state index in [1.165, 1.54) is 12.1 Å². The molecule has 0 unspecified atom stereocenters. The molecule has 29 heavy (non-hydrogen) atoms. The molecule has 0 radical (unpaired) electrons. The second kappa shape index (κ2) is 8.93. The minimum absolute atomic E-state index is 0.101. The normalized spacial score (nSPS) is 14.2. The van der Waals surface area contributed by atoms with Crippen molar-refractivity contribution in [2.45, 2.75) is 25.9 Å². The number of halogens is 4. The molecule has 1 aliphatic rings. The number of hydrogen-bond acceptors (Lipinski definition) is 4. The zero-order chi connectivity index (χ0) is 21.0. The molecular formula is C20H18F4N2O3. The average molecular weight is 410 g/mol. The van der Waals surface area contributed by atoms with Crippen LogP contribution in [-0.2, 0) is 16.1 Å². The molecule has 0 saturated heterocycles. The van der Waals surface area contributed by atoms with Crippen LogP contribution < -0.4 is 10.5 Å². The van der Waals surface area contributed by atoms with E-state index in [0.29, 0.717) is 17.5 Å². The van der Waals surface area contributed by atoms with E-state index >= 15 is 0 Å². The number of nitrogens with zero attached hydrogens (tertiary/aromatic N) is 1. The lowest BCUT2D eigenvalue weighted by molar-refractivity contribution is -0.117. The monoisotopic (exact) mass is 410 g/mol. The number of nitrogens with two attached hydrogens (primary N) is 1. The van der Waals surface area contributed by atoms with Crippen LogP contribution in [0, 0.1) is 17.6 Å². The summed E-state index contributed by atoms with van der Waals surface area (Å²) in [6.07, 6.45) is 1.83. The zero-order valence-corrected chi connectivity index (χ0v) is 15.2. The SMILES string of the molecule is NC(=O)Cc1cccc(/C(=N\OCC2CC2)c2c(OC(F)F)ccc(F)c2F)c1. The van der Waals surface area contributed by atoms with E-state index in [9.17, 15) is 22.4 Å². The van der Waals surface area contributed by atoms with E-state index in [1.54, 1.807) is 12.1 Å². The van der Waals surface area contributed by atoms with Gasteiger partial charge in [0.1, 0.15) is 18.1 Å². The Hall–Kier alpha value is -3.10. The Labute approximate surface area is 164 Å². The topological polar surface area (TPSA) is 73.9 Å². The van der Waals surface area contributed by atoms with Crippen LogP contribution in [0.4, 0.5) is 17.6 Å². The average Bonchev–Trinajstić information content (AvgIpc) is 3.47. The van der Waals surface area contributed by atoms with Gasteiger partial charge in [-0.2, -0.15) is 8.78 Å². The van der Waals surface area contributed by atoms with Gasteiger partial charge in [0.05, 0.1) is 12.0 Å². The molecule has 9 heteroatoms. The Morgan fingerprint density at radius 3 is 2.62 bits per heavy atom. The van der Waals surface area contributed by atoms with Crippen molar-refractivity contribution >= 4 is 11.6 Å². The summed E-state index contributed by atoms with van der Waals surface area (Å²) in [5.74, 6) is -3.53. The van der Waals surface area contributed by atoms with Crippen LogP contribution in [0.1, 0.15) is 29.5 Å². The Morgan fingerprint density at radius 2 is 1.97 bits per heavy atom. The van der Waals surface area contributed by atoms with E-state index in [-0.39, 0.29) is 24.3 Å². The largest absolute Gasteiger partial charge is 0.434 e. The van der Waals surface area contributed by atoms with Crippen LogP contribution in [0.25, 0.3) is 0 Å². The maximum Gasteiger partial charge on any atom is 0.387 e. The van der Waals surface area contributed by atoms with Gasteiger partial charge in [-0.15, -0.1) is 0 Å². The number of oxime groups is 1. The quantitative estimate of drug-likeness (QED) is 0.389. The smallest absolute Gasteiger partial charge is 0.387 e. The molecule has 2 N–H and O–H groups in total. The van der Waals surface area contributed by atoms with Gasteiger partial charge < -0.3 is 15.3 Å². The molecule has 2 aromatic carbocycles. The molecular weight excluding hydrogens is 392 g/mol. The molecule has 0 spiro atoms. The number of alkyl halides is 2. The van der Waals surface area contributed by atoms with Crippen molar-refractivity contribution in [1.82, 2.24) is 0 Å². The molecule has 1 amide bonds. The number of ether oxygens (including phenoxy) is 1. The third-order valence-corrected chi connectivity index (χ3v) is 4.25. The molecule has 2 aromatic rings. The molecule has 0 heterocycles. The van der Waals surface area contributed by atoms with Gasteiger partial charge in [-0.05, 0) is 42.5 Å². The minimum atomic E-state index is -3.26. The van der Waals surface area contributed by atoms with Gasteiger partial charge in [-0.25, -0.2) is 8.78 Å². The highest BCUT2D eigenvalue weighted by Crippen LogP contribution is 2.31. The summed E-state index contributed by atoms with van der Waals surface area (Å²) in [7, 11) is 0. The standard InChI is InChI=1S/C20H18F4N2O3/c21-14-6-7-15(29-20(23)24)17(18(14)22)19(26-28-10-11-4-5-11)13-3-1-2-12(8-13)9-16(25)27/h1-3,6-8,11,20H,4-5,9-10H2,(H2,25,27)/b26-19+. The summed E-state index contributed by atoms with van der Waals surface area (Å²) in [4.78, 5) is 16.5. The first-order chi connectivity index (χ1) is 13.8. The second-order valence-corrected chi connectivity index (χ2v) is 6.64. The summed E-state index contributed by atoms with van der Waals surface area (Å²) in [5, 5.41) is 3.90. The lowest BCUT2D eigenvalue weighted by atomic mass is 9.98. The van der Waals surface area contributed by atoms with E-state index in [0.717, 1.165) is 18.9 Å². The van der Waals surface area contributed by atoms with Gasteiger partial charge in [0, 0.05) is 5.56 Å². The number of amides is 1. The molecule has 1 saturated carbocycles. The van der Waals surface area contributed by atoms with Crippen LogP contribution in [-0.4, -0.2) is 24.8 Å².